The van der Waals surface area contributed by atoms with Crippen LogP contribution >= 0.6 is 0 Å². The number of imide groups is 1. The molecule has 0 saturated carbocycles. The number of hydrogen-bond donors (Lipinski definition) is 1. The van der Waals surface area contributed by atoms with Crippen LogP contribution in [-0.4, -0.2) is 40.8 Å². The predicted molar refractivity (Wildman–Crippen MR) is 77.6 cm³/mol. The van der Waals surface area contributed by atoms with Gasteiger partial charge in [0.15, 0.2) is 0 Å². The van der Waals surface area contributed by atoms with Gasteiger partial charge in [-0.05, 0) is 17.9 Å². The van der Waals surface area contributed by atoms with E-state index >= 15 is 0 Å². The fourth-order valence-electron chi connectivity index (χ4n) is 2.32. The molecule has 1 N–H and O–H groups in total. The van der Waals surface area contributed by atoms with Crippen LogP contribution in [0.5, 0.6) is 0 Å². The van der Waals surface area contributed by atoms with Gasteiger partial charge >= 0.3 is 6.09 Å². The maximum absolute atomic E-state index is 12.2. The molecule has 5 heteroatoms. The maximum Gasteiger partial charge on any atom is 0.416 e. The molecule has 0 spiro atoms. The van der Waals surface area contributed by atoms with Crippen LogP contribution in [0, 0.1) is 5.92 Å². The molecule has 114 valence electrons. The molecule has 0 aromatic heterocycles. The summed E-state index contributed by atoms with van der Waals surface area (Å²) in [5, 5.41) is 9.82. The van der Waals surface area contributed by atoms with Crippen LogP contribution in [0.2, 0.25) is 0 Å². The third-order valence-electron chi connectivity index (χ3n) is 3.70. The molecule has 1 aliphatic heterocycles. The van der Waals surface area contributed by atoms with Crippen molar-refractivity contribution in [2.24, 2.45) is 5.92 Å². The molecule has 0 aliphatic carbocycles. The highest BCUT2D eigenvalue weighted by atomic mass is 16.6. The highest BCUT2D eigenvalue weighted by Crippen LogP contribution is 2.20. The van der Waals surface area contributed by atoms with Crippen LogP contribution in [0.3, 0.4) is 0 Å². The average Bonchev–Trinajstić information content (AvgIpc) is 2.80. The van der Waals surface area contributed by atoms with E-state index in [0.29, 0.717) is 6.42 Å². The van der Waals surface area contributed by atoms with Crippen LogP contribution in [0.15, 0.2) is 30.3 Å². The Balaban J connectivity index is 2.04. The summed E-state index contributed by atoms with van der Waals surface area (Å²) in [6.45, 7) is 3.88. The van der Waals surface area contributed by atoms with Gasteiger partial charge in [0.2, 0.25) is 5.91 Å². The summed E-state index contributed by atoms with van der Waals surface area (Å²) in [7, 11) is 0. The smallest absolute Gasteiger partial charge is 0.416 e. The number of cyclic esters (lactones) is 1. The molecule has 1 fully saturated rings. The van der Waals surface area contributed by atoms with Crippen molar-refractivity contribution in [1.29, 1.82) is 0 Å². The van der Waals surface area contributed by atoms with Crippen molar-refractivity contribution < 1.29 is 19.4 Å². The molecule has 0 unspecified atom stereocenters. The zero-order valence-electron chi connectivity index (χ0n) is 12.4. The number of aliphatic hydroxyl groups excluding tert-OH is 1. The van der Waals surface area contributed by atoms with Gasteiger partial charge in [0.1, 0.15) is 6.61 Å². The van der Waals surface area contributed by atoms with Crippen LogP contribution in [0.1, 0.15) is 25.8 Å². The molecule has 0 radical (unpaired) electrons. The second-order valence-electron chi connectivity index (χ2n) is 5.70. The minimum absolute atomic E-state index is 0.0276. The lowest BCUT2D eigenvalue weighted by atomic mass is 10.0. The first-order valence-electron chi connectivity index (χ1n) is 7.20. The topological polar surface area (TPSA) is 66.8 Å². The Hall–Kier alpha value is -1.88. The Bertz CT molecular complexity index is 500. The molecule has 1 aromatic carbocycles. The quantitative estimate of drug-likeness (QED) is 0.901. The molecule has 1 saturated heterocycles. The number of ether oxygens (including phenoxy) is 1. The first-order valence-corrected chi connectivity index (χ1v) is 7.20. The first-order chi connectivity index (χ1) is 9.99. The van der Waals surface area contributed by atoms with Crippen molar-refractivity contribution in [1.82, 2.24) is 4.90 Å². The van der Waals surface area contributed by atoms with Crippen LogP contribution in [-0.2, 0) is 16.0 Å². The first kappa shape index (κ1) is 15.5. The van der Waals surface area contributed by atoms with Gasteiger partial charge in [-0.2, -0.15) is 0 Å². The van der Waals surface area contributed by atoms with Gasteiger partial charge in [0.05, 0.1) is 18.6 Å². The standard InChI is InChI=1S/C16H21NO4/c1-11(2)14(18)9-15(19)17-13(10-21-16(17)20)8-12-6-4-3-5-7-12/h3-7,11,13-14,18H,8-10H2,1-2H3/t13-,14-/m0/s1. The third-order valence-corrected chi connectivity index (χ3v) is 3.70. The lowest BCUT2D eigenvalue weighted by Crippen LogP contribution is -2.42. The summed E-state index contributed by atoms with van der Waals surface area (Å²) in [5.74, 6) is -0.403. The molecular formula is C16H21NO4. The van der Waals surface area contributed by atoms with Gasteiger partial charge in [0, 0.05) is 0 Å². The monoisotopic (exact) mass is 291 g/mol. The largest absolute Gasteiger partial charge is 0.447 e. The van der Waals surface area contributed by atoms with E-state index in [4.69, 9.17) is 4.74 Å². The predicted octanol–water partition coefficient (Wildman–Crippen LogP) is 1.98. The van der Waals surface area contributed by atoms with Gasteiger partial charge in [-0.15, -0.1) is 0 Å². The van der Waals surface area contributed by atoms with Gasteiger partial charge in [0.25, 0.3) is 0 Å². The van der Waals surface area contributed by atoms with Crippen molar-refractivity contribution in [3.8, 4) is 0 Å². The fraction of sp³-hybridized carbons (Fsp3) is 0.500. The van der Waals surface area contributed by atoms with E-state index in [2.05, 4.69) is 0 Å². The van der Waals surface area contributed by atoms with Crippen LogP contribution in [0.25, 0.3) is 0 Å². The summed E-state index contributed by atoms with van der Waals surface area (Å²) in [4.78, 5) is 25.2. The Morgan fingerprint density at radius 2 is 2.05 bits per heavy atom. The molecule has 2 atom stereocenters. The molecule has 1 heterocycles. The number of carbonyl (C=O) groups excluding carboxylic acids is 2. The number of carbonyl (C=O) groups is 2. The van der Waals surface area contributed by atoms with Gasteiger partial charge in [-0.1, -0.05) is 44.2 Å². The molecule has 0 bridgehead atoms. The summed E-state index contributed by atoms with van der Waals surface area (Å²) in [5.41, 5.74) is 1.04. The van der Waals surface area contributed by atoms with Gasteiger partial charge < -0.3 is 9.84 Å². The minimum Gasteiger partial charge on any atom is -0.447 e. The van der Waals surface area contributed by atoms with E-state index in [-0.39, 0.29) is 30.9 Å². The SMILES string of the molecule is CC(C)[C@@H](O)CC(=O)N1C(=O)OC[C@@H]1Cc1ccccc1. The lowest BCUT2D eigenvalue weighted by Gasteiger charge is -2.22. The minimum atomic E-state index is -0.747. The van der Waals surface area contributed by atoms with Gasteiger partial charge in [-0.25, -0.2) is 9.69 Å². The Morgan fingerprint density at radius 3 is 2.67 bits per heavy atom. The number of benzene rings is 1. The number of nitrogens with zero attached hydrogens (tertiary/aromatic N) is 1. The number of amides is 2. The van der Waals surface area contributed by atoms with Crippen molar-refractivity contribution in [2.45, 2.75) is 38.8 Å². The van der Waals surface area contributed by atoms with Gasteiger partial charge in [-0.3, -0.25) is 4.79 Å². The second-order valence-corrected chi connectivity index (χ2v) is 5.70. The number of aliphatic hydroxyl groups is 1. The zero-order valence-corrected chi connectivity index (χ0v) is 12.4. The summed E-state index contributed by atoms with van der Waals surface area (Å²) < 4.78 is 5.00. The Labute approximate surface area is 124 Å². The second kappa shape index (κ2) is 6.72. The number of rotatable bonds is 5. The molecule has 1 aliphatic rings. The molecule has 1 aromatic rings. The van der Waals surface area contributed by atoms with E-state index in [0.717, 1.165) is 10.5 Å². The molecule has 2 rings (SSSR count). The average molecular weight is 291 g/mol. The van der Waals surface area contributed by atoms with Crippen molar-refractivity contribution in [3.05, 3.63) is 35.9 Å². The lowest BCUT2D eigenvalue weighted by molar-refractivity contribution is -0.131. The van der Waals surface area contributed by atoms with E-state index in [1.807, 2.05) is 44.2 Å². The molecule has 5 nitrogen and oxygen atoms in total. The van der Waals surface area contributed by atoms with Crippen LogP contribution in [0.4, 0.5) is 4.79 Å². The highest BCUT2D eigenvalue weighted by Gasteiger charge is 2.38. The van der Waals surface area contributed by atoms with Crippen LogP contribution < -0.4 is 0 Å². The third kappa shape index (κ3) is 3.82. The van der Waals surface area contributed by atoms with Crippen molar-refractivity contribution >= 4 is 12.0 Å². The zero-order chi connectivity index (χ0) is 15.4. The molecular weight excluding hydrogens is 270 g/mol. The normalized spacial score (nSPS) is 19.7. The molecule has 2 amide bonds. The maximum atomic E-state index is 12.2. The highest BCUT2D eigenvalue weighted by molar-refractivity contribution is 5.93. The summed E-state index contributed by atoms with van der Waals surface area (Å²) >= 11 is 0. The van der Waals surface area contributed by atoms with E-state index in [1.54, 1.807) is 0 Å². The fourth-order valence-corrected chi connectivity index (χ4v) is 2.32. The molecule has 21 heavy (non-hydrogen) atoms. The summed E-state index contributed by atoms with van der Waals surface area (Å²) in [6.07, 6.45) is -0.853. The van der Waals surface area contributed by atoms with E-state index in [9.17, 15) is 14.7 Å². The summed E-state index contributed by atoms with van der Waals surface area (Å²) in [6, 6.07) is 9.36. The van der Waals surface area contributed by atoms with E-state index in [1.165, 1.54) is 0 Å². The van der Waals surface area contributed by atoms with E-state index < -0.39 is 12.2 Å². The van der Waals surface area contributed by atoms with Crippen molar-refractivity contribution in [3.63, 3.8) is 0 Å². The van der Waals surface area contributed by atoms with Crippen molar-refractivity contribution in [2.75, 3.05) is 6.61 Å². The number of hydrogen-bond acceptors (Lipinski definition) is 4. The Kier molecular flexibility index (Phi) is 4.96. The Morgan fingerprint density at radius 1 is 1.38 bits per heavy atom.